The fourth-order valence-electron chi connectivity index (χ4n) is 5.94. The number of anilines is 1. The topological polar surface area (TPSA) is 178 Å². The van der Waals surface area contributed by atoms with E-state index in [1.165, 1.54) is 4.90 Å². The molecule has 12 nitrogen and oxygen atoms in total. The number of rotatable bonds is 8. The van der Waals surface area contributed by atoms with Gasteiger partial charge in [0.15, 0.2) is 0 Å². The first-order valence-electron chi connectivity index (χ1n) is 15.1. The number of nitrogens with zero attached hydrogens (tertiary/aromatic N) is 4. The van der Waals surface area contributed by atoms with E-state index >= 15 is 0 Å². The van der Waals surface area contributed by atoms with Crippen molar-refractivity contribution in [3.05, 3.63) is 64.7 Å². The zero-order chi connectivity index (χ0) is 32.0. The van der Waals surface area contributed by atoms with Crippen molar-refractivity contribution in [1.29, 1.82) is 0 Å². The van der Waals surface area contributed by atoms with E-state index < -0.39 is 5.91 Å². The Bertz CT molecular complexity index is 1450. The molecule has 1 aliphatic carbocycles. The smallest absolute Gasteiger partial charge is 0.317 e. The molecule has 0 spiro atoms. The van der Waals surface area contributed by atoms with Crippen LogP contribution in [-0.2, 0) is 6.54 Å². The van der Waals surface area contributed by atoms with E-state index in [0.29, 0.717) is 41.4 Å². The molecule has 0 aromatic heterocycles. The fraction of sp³-hybridized carbons (Fsp3) is 0.469. The zero-order valence-electron chi connectivity index (χ0n) is 25.9. The molecule has 5 amide bonds. The summed E-state index contributed by atoms with van der Waals surface area (Å²) >= 11 is 0. The SMILES string of the molecule is CCCCN1C(=O)c2ccc(NC(=O)N(Cc3ccc(C(=O)[NH+]=C(N)/N=N\N)cc3)C3CCC(C(C)(C)C)CC3)cc2C1=O. The number of guanidine groups is 1. The Labute approximate surface area is 257 Å². The molecule has 4 rings (SSSR count). The molecule has 2 aliphatic rings. The average molecular weight is 604 g/mol. The predicted octanol–water partition coefficient (Wildman–Crippen LogP) is 3.58. The summed E-state index contributed by atoms with van der Waals surface area (Å²) in [5, 5.41) is 9.42. The third-order valence-electron chi connectivity index (χ3n) is 8.56. The van der Waals surface area contributed by atoms with Crippen LogP contribution < -0.4 is 21.9 Å². The third kappa shape index (κ3) is 7.47. The summed E-state index contributed by atoms with van der Waals surface area (Å²) in [6, 6.07) is 11.5. The lowest BCUT2D eigenvalue weighted by molar-refractivity contribution is -0.347. The van der Waals surface area contributed by atoms with Crippen LogP contribution in [0.15, 0.2) is 52.8 Å². The van der Waals surface area contributed by atoms with Gasteiger partial charge in [0.2, 0.25) is 0 Å². The number of nitrogens with one attached hydrogen (secondary N) is 2. The van der Waals surface area contributed by atoms with Crippen LogP contribution in [0.4, 0.5) is 10.5 Å². The van der Waals surface area contributed by atoms with Crippen molar-refractivity contribution in [3.63, 3.8) is 0 Å². The van der Waals surface area contributed by atoms with Crippen molar-refractivity contribution in [2.24, 2.45) is 33.2 Å². The van der Waals surface area contributed by atoms with E-state index in [4.69, 9.17) is 11.6 Å². The third-order valence-corrected chi connectivity index (χ3v) is 8.56. The van der Waals surface area contributed by atoms with E-state index in [2.05, 4.69) is 41.4 Å². The van der Waals surface area contributed by atoms with Crippen molar-refractivity contribution < 1.29 is 24.2 Å². The molecular weight excluding hydrogens is 560 g/mol. The van der Waals surface area contributed by atoms with Gasteiger partial charge in [0.1, 0.15) is 0 Å². The molecule has 0 saturated heterocycles. The van der Waals surface area contributed by atoms with Gasteiger partial charge in [-0.3, -0.25) is 30.9 Å². The van der Waals surface area contributed by atoms with Gasteiger partial charge in [0.05, 0.1) is 21.8 Å². The van der Waals surface area contributed by atoms with Gasteiger partial charge >= 0.3 is 17.9 Å². The highest BCUT2D eigenvalue weighted by molar-refractivity contribution is 6.21. The zero-order valence-corrected chi connectivity index (χ0v) is 25.9. The molecule has 6 N–H and O–H groups in total. The number of nitrogens with two attached hydrogens (primary N) is 2. The number of unbranched alkanes of at least 4 members (excludes halogenated alkanes) is 1. The molecule has 1 fully saturated rings. The first-order chi connectivity index (χ1) is 20.9. The number of benzene rings is 2. The van der Waals surface area contributed by atoms with Gasteiger partial charge in [0, 0.05) is 30.0 Å². The maximum atomic E-state index is 13.8. The number of hydrogen-bond acceptors (Lipinski definition) is 5. The Morgan fingerprint density at radius 3 is 2.30 bits per heavy atom. The number of carbonyl (C=O) groups is 4. The second kappa shape index (κ2) is 13.8. The standard InChI is InChI=1S/C32H42N8O4/c1-5-6-17-39-28(42)25-16-13-23(18-26(25)29(39)43)35-31(44)40(24-14-11-22(12-15-24)32(2,3)4)19-20-7-9-21(10-8-20)27(41)36-30(33)37-38-34/h7-10,13,16,18,22,24H,5-6,11-12,14-15,17,19H2,1-4H3,(H,35,44)(H4,33,34,36,37,41)/p+1. The summed E-state index contributed by atoms with van der Waals surface area (Å²) in [5.74, 6) is 4.23. The van der Waals surface area contributed by atoms with Crippen LogP contribution >= 0.6 is 0 Å². The normalized spacial score (nSPS) is 18.9. The molecule has 2 aromatic rings. The van der Waals surface area contributed by atoms with Gasteiger partial charge < -0.3 is 10.2 Å². The van der Waals surface area contributed by atoms with Crippen LogP contribution in [0.5, 0.6) is 0 Å². The highest BCUT2D eigenvalue weighted by Gasteiger charge is 2.36. The van der Waals surface area contributed by atoms with Crippen LogP contribution in [0, 0.1) is 11.3 Å². The number of carbonyl (C=O) groups excluding carboxylic acids is 4. The number of urea groups is 1. The van der Waals surface area contributed by atoms with Gasteiger partial charge in [-0.15, -0.1) is 0 Å². The predicted molar refractivity (Wildman–Crippen MR) is 166 cm³/mol. The maximum absolute atomic E-state index is 13.8. The fourth-order valence-corrected chi connectivity index (χ4v) is 5.94. The minimum atomic E-state index is -0.463. The molecule has 44 heavy (non-hydrogen) atoms. The summed E-state index contributed by atoms with van der Waals surface area (Å²) in [5.41, 5.74) is 8.07. The number of amides is 5. The van der Waals surface area contributed by atoms with Gasteiger partial charge in [0.25, 0.3) is 11.8 Å². The largest absolute Gasteiger partial charge is 0.414 e. The first kappa shape index (κ1) is 32.3. The van der Waals surface area contributed by atoms with Crippen LogP contribution in [0.1, 0.15) is 103 Å². The Hall–Kier alpha value is -4.61. The Morgan fingerprint density at radius 1 is 1.02 bits per heavy atom. The van der Waals surface area contributed by atoms with Crippen molar-refractivity contribution in [3.8, 4) is 0 Å². The average Bonchev–Trinajstić information content (AvgIpc) is 3.22. The quantitative estimate of drug-likeness (QED) is 0.0895. The lowest BCUT2D eigenvalue weighted by Gasteiger charge is -2.41. The van der Waals surface area contributed by atoms with Crippen LogP contribution in [0.3, 0.4) is 0 Å². The summed E-state index contributed by atoms with van der Waals surface area (Å²) < 4.78 is 0. The molecule has 2 aromatic carbocycles. The van der Waals surface area contributed by atoms with E-state index in [9.17, 15) is 19.2 Å². The molecule has 0 atom stereocenters. The van der Waals surface area contributed by atoms with E-state index in [1.54, 1.807) is 42.5 Å². The van der Waals surface area contributed by atoms with Crippen LogP contribution in [0.25, 0.3) is 0 Å². The Balaban J connectivity index is 1.54. The lowest BCUT2D eigenvalue weighted by atomic mass is 9.71. The van der Waals surface area contributed by atoms with Crippen molar-refractivity contribution in [1.82, 2.24) is 9.80 Å². The maximum Gasteiger partial charge on any atom is 0.414 e. The molecule has 234 valence electrons. The summed E-state index contributed by atoms with van der Waals surface area (Å²) in [4.78, 5) is 57.6. The summed E-state index contributed by atoms with van der Waals surface area (Å²) in [7, 11) is 0. The first-order valence-corrected chi connectivity index (χ1v) is 15.1. The van der Waals surface area contributed by atoms with Gasteiger partial charge in [-0.2, -0.15) is 0 Å². The Kier molecular flexibility index (Phi) is 10.1. The lowest BCUT2D eigenvalue weighted by Crippen LogP contribution is -2.79. The Morgan fingerprint density at radius 2 is 1.68 bits per heavy atom. The van der Waals surface area contributed by atoms with Gasteiger partial charge in [-0.25, -0.2) is 9.79 Å². The molecule has 1 heterocycles. The molecule has 1 aliphatic heterocycles. The minimum absolute atomic E-state index is 0.00905. The summed E-state index contributed by atoms with van der Waals surface area (Å²) in [6.45, 7) is 9.47. The minimum Gasteiger partial charge on any atom is -0.317 e. The van der Waals surface area contributed by atoms with Crippen LogP contribution in [-0.4, -0.2) is 52.1 Å². The molecule has 12 heteroatoms. The highest BCUT2D eigenvalue weighted by Crippen LogP contribution is 2.39. The number of hydrogen-bond donors (Lipinski definition) is 4. The number of imide groups is 1. The molecule has 0 radical (unpaired) electrons. The van der Waals surface area contributed by atoms with E-state index in [1.807, 2.05) is 11.8 Å². The summed E-state index contributed by atoms with van der Waals surface area (Å²) in [6.07, 6.45) is 5.36. The van der Waals surface area contributed by atoms with E-state index in [0.717, 1.165) is 44.1 Å². The van der Waals surface area contributed by atoms with Gasteiger partial charge in [-0.05, 0) is 79.3 Å². The van der Waals surface area contributed by atoms with Crippen molar-refractivity contribution >= 4 is 35.4 Å². The second-order valence-electron chi connectivity index (χ2n) is 12.6. The highest BCUT2D eigenvalue weighted by atomic mass is 16.2. The van der Waals surface area contributed by atoms with E-state index in [-0.39, 0.29) is 35.3 Å². The van der Waals surface area contributed by atoms with Crippen molar-refractivity contribution in [2.45, 2.75) is 78.8 Å². The number of fused-ring (bicyclic) bond motifs is 1. The molecule has 1 saturated carbocycles. The van der Waals surface area contributed by atoms with Gasteiger partial charge in [-0.1, -0.05) is 46.2 Å². The molecule has 0 unspecified atom stereocenters. The second-order valence-corrected chi connectivity index (χ2v) is 12.6. The van der Waals surface area contributed by atoms with Crippen molar-refractivity contribution in [2.75, 3.05) is 11.9 Å². The molecular formula is C32H43N8O4+. The molecule has 0 bridgehead atoms. The van der Waals surface area contributed by atoms with Crippen LogP contribution in [0.2, 0.25) is 0 Å². The monoisotopic (exact) mass is 603 g/mol.